The van der Waals surface area contributed by atoms with E-state index in [1.165, 1.54) is 12.1 Å². The maximum atomic E-state index is 14.5. The zero-order chi connectivity index (χ0) is 30.3. The fraction of sp³-hybridized carbons (Fsp3) is 0.571. The lowest BCUT2D eigenvalue weighted by atomic mass is 9.74. The van der Waals surface area contributed by atoms with Crippen LogP contribution >= 0.6 is 23.2 Å². The predicted molar refractivity (Wildman–Crippen MR) is 145 cm³/mol. The highest BCUT2D eigenvalue weighted by Crippen LogP contribution is 2.43. The van der Waals surface area contributed by atoms with Gasteiger partial charge in [0.2, 0.25) is 0 Å². The molecule has 1 aliphatic heterocycles. The third-order valence-corrected chi connectivity index (χ3v) is 8.69. The third kappa shape index (κ3) is 6.73. The van der Waals surface area contributed by atoms with Crippen molar-refractivity contribution >= 4 is 40.9 Å². The molecule has 1 N–H and O–H groups in total. The summed E-state index contributed by atoms with van der Waals surface area (Å²) in [7, 11) is 0. The van der Waals surface area contributed by atoms with Crippen molar-refractivity contribution in [3.63, 3.8) is 0 Å². The van der Waals surface area contributed by atoms with Gasteiger partial charge in [-0.3, -0.25) is 19.1 Å². The molecule has 2 fully saturated rings. The van der Waals surface area contributed by atoms with Crippen LogP contribution in [0.3, 0.4) is 0 Å². The van der Waals surface area contributed by atoms with Crippen molar-refractivity contribution < 1.29 is 37.4 Å². The molecule has 0 bridgehead atoms. The van der Waals surface area contributed by atoms with Crippen molar-refractivity contribution in [1.82, 2.24) is 14.7 Å². The molecule has 224 valence electrons. The number of alkyl halides is 3. The Bertz CT molecular complexity index is 1320. The van der Waals surface area contributed by atoms with Gasteiger partial charge in [-0.25, -0.2) is 0 Å². The molecule has 1 aromatic carbocycles. The topological polar surface area (TPSA) is 102 Å². The fourth-order valence-corrected chi connectivity index (χ4v) is 6.24. The number of ether oxygens (including phenoxy) is 1. The van der Waals surface area contributed by atoms with Crippen molar-refractivity contribution in [3.8, 4) is 0 Å². The maximum Gasteiger partial charge on any atom is 0.433 e. The minimum absolute atomic E-state index is 0.0308. The Labute approximate surface area is 245 Å². The summed E-state index contributed by atoms with van der Waals surface area (Å²) in [6, 6.07) is 3.73. The van der Waals surface area contributed by atoms with Crippen LogP contribution in [0.2, 0.25) is 10.0 Å². The van der Waals surface area contributed by atoms with Crippen LogP contribution in [0, 0.1) is 5.41 Å². The first kappa shape index (κ1) is 31.3. The van der Waals surface area contributed by atoms with E-state index in [1.807, 2.05) is 13.8 Å². The molecule has 8 nitrogen and oxygen atoms in total. The van der Waals surface area contributed by atoms with E-state index in [-0.39, 0.29) is 47.8 Å². The zero-order valence-corrected chi connectivity index (χ0v) is 24.4. The van der Waals surface area contributed by atoms with Gasteiger partial charge < -0.3 is 14.7 Å². The quantitative estimate of drug-likeness (QED) is 0.331. The number of benzene rings is 1. The fourth-order valence-electron chi connectivity index (χ4n) is 5.63. The molecule has 1 atom stereocenters. The predicted octanol–water partition coefficient (Wildman–Crippen LogP) is 6.70. The highest BCUT2D eigenvalue weighted by molar-refractivity contribution is 6.40. The van der Waals surface area contributed by atoms with E-state index >= 15 is 0 Å². The standard InChI is InChI=1S/C28H32Cl2F3N3O5/c1-26(2)10-9-17(41-26)14-35(15-21(37)22-19(29)5-4-6-20(22)30)24(38)18-13-34-36(23(18)28(31,32)33)16-7-11-27(3,12-8-16)25(39)40/h4-6,13,16-17H,7-12,14-15H2,1-3H3,(H,39,40)/t16-,17-,27-/m1/s1. The largest absolute Gasteiger partial charge is 0.481 e. The molecule has 0 unspecified atom stereocenters. The van der Waals surface area contributed by atoms with Crippen LogP contribution < -0.4 is 0 Å². The summed E-state index contributed by atoms with van der Waals surface area (Å²) in [6.07, 6.45) is -2.71. The van der Waals surface area contributed by atoms with Crippen molar-refractivity contribution in [2.45, 2.75) is 83.2 Å². The van der Waals surface area contributed by atoms with E-state index in [9.17, 15) is 32.7 Å². The van der Waals surface area contributed by atoms with Crippen molar-refractivity contribution in [2.75, 3.05) is 13.1 Å². The first-order chi connectivity index (χ1) is 19.0. The van der Waals surface area contributed by atoms with Gasteiger partial charge in [-0.15, -0.1) is 0 Å². The second-order valence-electron chi connectivity index (χ2n) is 11.7. The van der Waals surface area contributed by atoms with E-state index in [0.29, 0.717) is 12.8 Å². The number of Topliss-reactive ketones (excluding diaryl/α,β-unsaturated/α-hetero) is 1. The van der Waals surface area contributed by atoms with E-state index in [2.05, 4.69) is 5.10 Å². The summed E-state index contributed by atoms with van der Waals surface area (Å²) in [4.78, 5) is 39.8. The number of aromatic nitrogens is 2. The number of ketones is 1. The second kappa shape index (κ2) is 11.6. The highest BCUT2D eigenvalue weighted by atomic mass is 35.5. The number of halogens is 5. The van der Waals surface area contributed by atoms with E-state index in [0.717, 1.165) is 15.8 Å². The van der Waals surface area contributed by atoms with Crippen molar-refractivity contribution in [1.29, 1.82) is 0 Å². The van der Waals surface area contributed by atoms with E-state index in [4.69, 9.17) is 27.9 Å². The number of rotatable bonds is 8. The summed E-state index contributed by atoms with van der Waals surface area (Å²) >= 11 is 12.4. The summed E-state index contributed by atoms with van der Waals surface area (Å²) in [5.74, 6) is -2.66. The van der Waals surface area contributed by atoms with Crippen LogP contribution in [0.4, 0.5) is 13.2 Å². The Kier molecular flexibility index (Phi) is 8.83. The lowest BCUT2D eigenvalue weighted by molar-refractivity contribution is -0.152. The molecule has 1 aromatic heterocycles. The number of amides is 1. The number of carboxylic acids is 1. The second-order valence-corrected chi connectivity index (χ2v) is 12.5. The highest BCUT2D eigenvalue weighted by Gasteiger charge is 2.45. The van der Waals surface area contributed by atoms with Crippen LogP contribution in [-0.4, -0.2) is 62.2 Å². The average molecular weight is 618 g/mol. The molecule has 1 saturated carbocycles. The van der Waals surface area contributed by atoms with Gasteiger partial charge in [-0.1, -0.05) is 29.3 Å². The maximum absolute atomic E-state index is 14.5. The van der Waals surface area contributed by atoms with Gasteiger partial charge in [0.1, 0.15) is 0 Å². The summed E-state index contributed by atoms with van der Waals surface area (Å²) in [6.45, 7) is 4.61. The van der Waals surface area contributed by atoms with Gasteiger partial charge in [0, 0.05) is 6.54 Å². The molecule has 0 radical (unpaired) electrons. The van der Waals surface area contributed by atoms with Gasteiger partial charge in [0.05, 0.1) is 57.1 Å². The molecule has 1 aliphatic carbocycles. The average Bonchev–Trinajstić information content (AvgIpc) is 3.46. The van der Waals surface area contributed by atoms with Gasteiger partial charge in [-0.2, -0.15) is 18.3 Å². The monoisotopic (exact) mass is 617 g/mol. The minimum atomic E-state index is -4.94. The molecule has 2 heterocycles. The first-order valence-corrected chi connectivity index (χ1v) is 14.1. The molecule has 41 heavy (non-hydrogen) atoms. The van der Waals surface area contributed by atoms with Gasteiger partial charge in [0.25, 0.3) is 5.91 Å². The van der Waals surface area contributed by atoms with Gasteiger partial charge in [0.15, 0.2) is 11.5 Å². The van der Waals surface area contributed by atoms with Crippen LogP contribution in [0.25, 0.3) is 0 Å². The zero-order valence-electron chi connectivity index (χ0n) is 22.9. The molecular formula is C28H32Cl2F3N3O5. The smallest absolute Gasteiger partial charge is 0.433 e. The summed E-state index contributed by atoms with van der Waals surface area (Å²) in [5.41, 5.74) is -3.47. The number of nitrogens with zero attached hydrogens (tertiary/aromatic N) is 3. The number of aliphatic carboxylic acids is 1. The Morgan fingerprint density at radius 1 is 1.10 bits per heavy atom. The Morgan fingerprint density at radius 2 is 1.71 bits per heavy atom. The molecule has 13 heteroatoms. The molecule has 1 amide bonds. The van der Waals surface area contributed by atoms with Crippen LogP contribution in [-0.2, 0) is 15.7 Å². The Hall–Kier alpha value is -2.63. The van der Waals surface area contributed by atoms with Crippen molar-refractivity contribution in [3.05, 3.63) is 51.3 Å². The lowest BCUT2D eigenvalue weighted by Crippen LogP contribution is -2.42. The third-order valence-electron chi connectivity index (χ3n) is 8.06. The lowest BCUT2D eigenvalue weighted by Gasteiger charge is -2.34. The van der Waals surface area contributed by atoms with Gasteiger partial charge >= 0.3 is 12.1 Å². The number of hydrogen-bond acceptors (Lipinski definition) is 5. The number of carbonyl (C=O) groups excluding carboxylic acids is 2. The normalized spacial score (nSPS) is 24.3. The molecule has 0 spiro atoms. The summed E-state index contributed by atoms with van der Waals surface area (Å²) in [5, 5.41) is 13.6. The van der Waals surface area contributed by atoms with E-state index in [1.54, 1.807) is 13.0 Å². The molecule has 2 aliphatic rings. The number of carboxylic acid groups (broad SMARTS) is 1. The van der Waals surface area contributed by atoms with Crippen LogP contribution in [0.5, 0.6) is 0 Å². The van der Waals surface area contributed by atoms with Crippen LogP contribution in [0.1, 0.15) is 91.7 Å². The van der Waals surface area contributed by atoms with Crippen molar-refractivity contribution in [2.24, 2.45) is 5.41 Å². The molecular weight excluding hydrogens is 586 g/mol. The minimum Gasteiger partial charge on any atom is -0.481 e. The molecule has 2 aromatic rings. The van der Waals surface area contributed by atoms with Gasteiger partial charge in [-0.05, 0) is 71.4 Å². The van der Waals surface area contributed by atoms with Crippen LogP contribution in [0.15, 0.2) is 24.4 Å². The number of hydrogen-bond donors (Lipinski definition) is 1. The molecule has 4 rings (SSSR count). The summed E-state index contributed by atoms with van der Waals surface area (Å²) < 4.78 is 50.2. The molecule has 1 saturated heterocycles. The van der Waals surface area contributed by atoms with E-state index < -0.39 is 64.8 Å². The Balaban J connectivity index is 1.67. The SMILES string of the molecule is CC1(C)CC[C@H](CN(CC(=O)c2c(Cl)cccc2Cl)C(=O)c2cnn([C@H]3CC[C@](C)(C(=O)O)CC3)c2C(F)(F)F)O1. The number of carbonyl (C=O) groups is 3. The Morgan fingerprint density at radius 3 is 2.22 bits per heavy atom. The first-order valence-electron chi connectivity index (χ1n) is 13.3.